The van der Waals surface area contributed by atoms with Crippen LogP contribution in [0, 0.1) is 29.6 Å². The van der Waals surface area contributed by atoms with E-state index in [0.717, 1.165) is 23.7 Å². The molecule has 3 aliphatic carbocycles. The van der Waals surface area contributed by atoms with Gasteiger partial charge >= 0.3 is 0 Å². The molecular weight excluding hydrogens is 172 g/mol. The zero-order valence-corrected chi connectivity index (χ0v) is 9.37. The standard InChI is InChI=1S/C13H22O/c1-13(2,14)12-7-8-6-11(12)10-5-3-4-9(8)10/h8-12,14H,3-7H2,1-2H3. The van der Waals surface area contributed by atoms with Crippen LogP contribution in [0.25, 0.3) is 0 Å². The van der Waals surface area contributed by atoms with Crippen LogP contribution in [0.1, 0.15) is 46.0 Å². The highest BCUT2D eigenvalue weighted by Gasteiger charge is 2.56. The zero-order chi connectivity index (χ0) is 9.92. The topological polar surface area (TPSA) is 20.2 Å². The first kappa shape index (κ1) is 9.21. The third-order valence-corrected chi connectivity index (χ3v) is 5.34. The van der Waals surface area contributed by atoms with Crippen molar-refractivity contribution in [2.75, 3.05) is 0 Å². The first-order valence-corrected chi connectivity index (χ1v) is 6.30. The molecule has 3 fully saturated rings. The van der Waals surface area contributed by atoms with Crippen LogP contribution in [0.4, 0.5) is 0 Å². The summed E-state index contributed by atoms with van der Waals surface area (Å²) in [7, 11) is 0. The van der Waals surface area contributed by atoms with E-state index in [9.17, 15) is 5.11 Å². The van der Waals surface area contributed by atoms with Crippen LogP contribution in [0.5, 0.6) is 0 Å². The number of hydrogen-bond acceptors (Lipinski definition) is 1. The van der Waals surface area contributed by atoms with E-state index >= 15 is 0 Å². The molecule has 0 saturated heterocycles. The third kappa shape index (κ3) is 1.11. The Hall–Kier alpha value is -0.0400. The summed E-state index contributed by atoms with van der Waals surface area (Å²) in [5.74, 6) is 4.49. The van der Waals surface area contributed by atoms with Gasteiger partial charge in [-0.25, -0.2) is 0 Å². The van der Waals surface area contributed by atoms with E-state index in [2.05, 4.69) is 0 Å². The molecule has 5 unspecified atom stereocenters. The molecule has 0 aromatic carbocycles. The van der Waals surface area contributed by atoms with Gasteiger partial charge in [0.05, 0.1) is 5.60 Å². The maximum atomic E-state index is 10.2. The molecule has 1 N–H and O–H groups in total. The molecule has 0 spiro atoms. The van der Waals surface area contributed by atoms with E-state index in [1.54, 1.807) is 0 Å². The second kappa shape index (κ2) is 2.75. The van der Waals surface area contributed by atoms with Crippen molar-refractivity contribution in [2.24, 2.45) is 29.6 Å². The fraction of sp³-hybridized carbons (Fsp3) is 1.00. The molecule has 3 saturated carbocycles. The van der Waals surface area contributed by atoms with E-state index < -0.39 is 5.60 Å². The van der Waals surface area contributed by atoms with Crippen molar-refractivity contribution < 1.29 is 5.11 Å². The van der Waals surface area contributed by atoms with Crippen molar-refractivity contribution in [3.05, 3.63) is 0 Å². The van der Waals surface area contributed by atoms with Crippen molar-refractivity contribution in [1.29, 1.82) is 0 Å². The average Bonchev–Trinajstić information content (AvgIpc) is 2.74. The molecule has 5 atom stereocenters. The summed E-state index contributed by atoms with van der Waals surface area (Å²) in [6, 6.07) is 0. The minimum atomic E-state index is -0.424. The maximum Gasteiger partial charge on any atom is 0.0622 e. The van der Waals surface area contributed by atoms with Gasteiger partial charge in [-0.2, -0.15) is 0 Å². The molecule has 0 aromatic rings. The van der Waals surface area contributed by atoms with Crippen molar-refractivity contribution in [3.63, 3.8) is 0 Å². The Morgan fingerprint density at radius 3 is 2.43 bits per heavy atom. The summed E-state index contributed by atoms with van der Waals surface area (Å²) < 4.78 is 0. The molecule has 0 aliphatic heterocycles. The van der Waals surface area contributed by atoms with Crippen molar-refractivity contribution >= 4 is 0 Å². The van der Waals surface area contributed by atoms with Crippen LogP contribution in [0.15, 0.2) is 0 Å². The van der Waals surface area contributed by atoms with Crippen LogP contribution < -0.4 is 0 Å². The van der Waals surface area contributed by atoms with Gasteiger partial charge in [-0.05, 0) is 69.1 Å². The molecule has 1 heteroatoms. The molecule has 80 valence electrons. The maximum absolute atomic E-state index is 10.2. The lowest BCUT2D eigenvalue weighted by atomic mass is 9.70. The van der Waals surface area contributed by atoms with Gasteiger partial charge in [0, 0.05) is 0 Å². The van der Waals surface area contributed by atoms with Gasteiger partial charge in [0.2, 0.25) is 0 Å². The molecule has 2 bridgehead atoms. The summed E-state index contributed by atoms with van der Waals surface area (Å²) in [6.07, 6.45) is 7.16. The average molecular weight is 194 g/mol. The lowest BCUT2D eigenvalue weighted by molar-refractivity contribution is -0.0264. The van der Waals surface area contributed by atoms with E-state index in [0.29, 0.717) is 5.92 Å². The summed E-state index contributed by atoms with van der Waals surface area (Å²) in [6.45, 7) is 4.03. The van der Waals surface area contributed by atoms with Crippen molar-refractivity contribution in [2.45, 2.75) is 51.6 Å². The Morgan fingerprint density at radius 2 is 1.71 bits per heavy atom. The molecule has 14 heavy (non-hydrogen) atoms. The Morgan fingerprint density at radius 1 is 1.00 bits per heavy atom. The molecule has 0 radical (unpaired) electrons. The molecule has 0 aromatic heterocycles. The summed E-state index contributed by atoms with van der Waals surface area (Å²) in [5.41, 5.74) is -0.424. The van der Waals surface area contributed by atoms with E-state index in [1.165, 1.54) is 32.1 Å². The van der Waals surface area contributed by atoms with Gasteiger partial charge in [0.1, 0.15) is 0 Å². The van der Waals surface area contributed by atoms with Gasteiger partial charge in [0.15, 0.2) is 0 Å². The van der Waals surface area contributed by atoms with Crippen LogP contribution in [0.2, 0.25) is 0 Å². The third-order valence-electron chi connectivity index (χ3n) is 5.34. The number of rotatable bonds is 1. The zero-order valence-electron chi connectivity index (χ0n) is 9.37. The van der Waals surface area contributed by atoms with E-state index in [4.69, 9.17) is 0 Å². The Labute approximate surface area is 86.9 Å². The molecular formula is C13H22O. The highest BCUT2D eigenvalue weighted by atomic mass is 16.3. The van der Waals surface area contributed by atoms with Gasteiger partial charge in [0.25, 0.3) is 0 Å². The molecule has 1 nitrogen and oxygen atoms in total. The van der Waals surface area contributed by atoms with Crippen molar-refractivity contribution in [1.82, 2.24) is 0 Å². The lowest BCUT2D eigenvalue weighted by Gasteiger charge is -2.38. The van der Waals surface area contributed by atoms with Crippen LogP contribution in [0.3, 0.4) is 0 Å². The normalized spacial score (nSPS) is 51.2. The van der Waals surface area contributed by atoms with Crippen LogP contribution >= 0.6 is 0 Å². The van der Waals surface area contributed by atoms with Gasteiger partial charge in [-0.1, -0.05) is 6.42 Å². The minimum Gasteiger partial charge on any atom is -0.390 e. The van der Waals surface area contributed by atoms with Gasteiger partial charge < -0.3 is 5.11 Å². The Bertz CT molecular complexity index is 240. The van der Waals surface area contributed by atoms with E-state index in [1.807, 2.05) is 13.8 Å². The monoisotopic (exact) mass is 194 g/mol. The fourth-order valence-corrected chi connectivity index (χ4v) is 4.88. The first-order chi connectivity index (χ1) is 6.57. The highest BCUT2D eigenvalue weighted by molar-refractivity contribution is 5.06. The van der Waals surface area contributed by atoms with Crippen LogP contribution in [-0.4, -0.2) is 10.7 Å². The molecule has 3 rings (SSSR count). The van der Waals surface area contributed by atoms with Crippen LogP contribution in [-0.2, 0) is 0 Å². The molecule has 3 aliphatic rings. The second-order valence-corrected chi connectivity index (χ2v) is 6.41. The predicted octanol–water partition coefficient (Wildman–Crippen LogP) is 2.83. The first-order valence-electron chi connectivity index (χ1n) is 6.30. The lowest BCUT2D eigenvalue weighted by Crippen LogP contribution is -2.38. The van der Waals surface area contributed by atoms with Crippen molar-refractivity contribution in [3.8, 4) is 0 Å². The minimum absolute atomic E-state index is 0.424. The number of fused-ring (bicyclic) bond motifs is 5. The van der Waals surface area contributed by atoms with E-state index in [-0.39, 0.29) is 0 Å². The number of hydrogen-bond donors (Lipinski definition) is 1. The SMILES string of the molecule is CC(C)(O)C1CC2CC1C1CCCC21. The summed E-state index contributed by atoms with van der Waals surface area (Å²) >= 11 is 0. The predicted molar refractivity (Wildman–Crippen MR) is 56.8 cm³/mol. The Kier molecular flexibility index (Phi) is 1.81. The molecule has 0 amide bonds. The highest BCUT2D eigenvalue weighted by Crippen LogP contribution is 2.62. The quantitative estimate of drug-likeness (QED) is 0.680. The summed E-state index contributed by atoms with van der Waals surface area (Å²) in [5, 5.41) is 10.2. The second-order valence-electron chi connectivity index (χ2n) is 6.41. The fourth-order valence-electron chi connectivity index (χ4n) is 4.88. The smallest absolute Gasteiger partial charge is 0.0622 e. The Balaban J connectivity index is 1.83. The molecule has 0 heterocycles. The number of aliphatic hydroxyl groups is 1. The largest absolute Gasteiger partial charge is 0.390 e. The van der Waals surface area contributed by atoms with Gasteiger partial charge in [-0.3, -0.25) is 0 Å². The van der Waals surface area contributed by atoms with Gasteiger partial charge in [-0.15, -0.1) is 0 Å². The summed E-state index contributed by atoms with van der Waals surface area (Å²) in [4.78, 5) is 0.